The molecule has 9 nitrogen and oxygen atoms in total. The first kappa shape index (κ1) is 37.7. The summed E-state index contributed by atoms with van der Waals surface area (Å²) in [6.07, 6.45) is 3.99. The summed E-state index contributed by atoms with van der Waals surface area (Å²) in [5.41, 5.74) is 0. The average molecular weight is 496 g/mol. The van der Waals surface area contributed by atoms with Gasteiger partial charge in [0.2, 0.25) is 0 Å². The van der Waals surface area contributed by atoms with Crippen LogP contribution in [0, 0.1) is 11.3 Å². The molecule has 0 amide bonds. The van der Waals surface area contributed by atoms with Crippen LogP contribution in [0.1, 0.15) is 99.3 Å². The molecule has 0 spiro atoms. The lowest BCUT2D eigenvalue weighted by molar-refractivity contribution is -0.207. The van der Waals surface area contributed by atoms with E-state index in [1.807, 2.05) is 47.6 Å². The van der Waals surface area contributed by atoms with E-state index in [9.17, 15) is 0 Å². The van der Waals surface area contributed by atoms with E-state index < -0.39 is 30.7 Å². The minimum atomic E-state index is -0.819. The molecule has 1 aliphatic carbocycles. The Kier molecular flexibility index (Phi) is 29.7. The van der Waals surface area contributed by atoms with Crippen LogP contribution in [-0.2, 0) is 9.47 Å². The molecule has 7 atom stereocenters. The van der Waals surface area contributed by atoms with E-state index in [1.165, 1.54) is 0 Å². The Morgan fingerprint density at radius 3 is 1.56 bits per heavy atom. The van der Waals surface area contributed by atoms with Crippen molar-refractivity contribution in [1.29, 1.82) is 5.26 Å². The van der Waals surface area contributed by atoms with Crippen molar-refractivity contribution in [2.45, 2.75) is 142 Å². The fourth-order valence-corrected chi connectivity index (χ4v) is 3.24. The van der Waals surface area contributed by atoms with Crippen molar-refractivity contribution >= 4 is 0 Å². The molecule has 0 bridgehead atoms. The van der Waals surface area contributed by atoms with Crippen LogP contribution < -0.4 is 0 Å². The van der Waals surface area contributed by atoms with Gasteiger partial charge in [-0.3, -0.25) is 0 Å². The first-order valence-corrected chi connectivity index (χ1v) is 13.1. The van der Waals surface area contributed by atoms with E-state index in [0.717, 1.165) is 44.9 Å². The molecule has 0 aromatic rings. The summed E-state index contributed by atoms with van der Waals surface area (Å²) in [5, 5.41) is 61.5. The van der Waals surface area contributed by atoms with Crippen LogP contribution >= 0.6 is 0 Å². The summed E-state index contributed by atoms with van der Waals surface area (Å²) in [4.78, 5) is 0. The largest absolute Gasteiger partial charge is 0.394 e. The monoisotopic (exact) mass is 495 g/mol. The topological polar surface area (TPSA) is 164 Å². The summed E-state index contributed by atoms with van der Waals surface area (Å²) in [7, 11) is 0. The van der Waals surface area contributed by atoms with Gasteiger partial charge in [0.05, 0.1) is 43.7 Å². The van der Waals surface area contributed by atoms with Crippen LogP contribution in [0.3, 0.4) is 0 Å². The first-order chi connectivity index (χ1) is 16.4. The van der Waals surface area contributed by atoms with Crippen molar-refractivity contribution in [3.63, 3.8) is 0 Å². The van der Waals surface area contributed by atoms with E-state index in [0.29, 0.717) is 12.8 Å². The second-order valence-electron chi connectivity index (χ2n) is 7.36. The molecule has 2 saturated heterocycles. The van der Waals surface area contributed by atoms with Gasteiger partial charge in [-0.2, -0.15) is 5.26 Å². The Morgan fingerprint density at radius 1 is 0.647 bits per heavy atom. The predicted molar refractivity (Wildman–Crippen MR) is 133 cm³/mol. The molecule has 206 valence electrons. The van der Waals surface area contributed by atoms with Gasteiger partial charge < -0.3 is 40.1 Å². The van der Waals surface area contributed by atoms with Crippen LogP contribution in [0.2, 0.25) is 0 Å². The highest BCUT2D eigenvalue weighted by Crippen LogP contribution is 2.18. The molecule has 9 heteroatoms. The third kappa shape index (κ3) is 18.5. The Bertz CT molecular complexity index is 439. The summed E-state index contributed by atoms with van der Waals surface area (Å²) < 4.78 is 9.98. The van der Waals surface area contributed by atoms with E-state index >= 15 is 0 Å². The van der Waals surface area contributed by atoms with Gasteiger partial charge in [0.15, 0.2) is 6.29 Å². The lowest BCUT2D eigenvalue weighted by Crippen LogP contribution is -2.40. The number of nitriles is 1. The smallest absolute Gasteiger partial charge is 0.155 e. The zero-order valence-electron chi connectivity index (χ0n) is 22.3. The maximum atomic E-state index is 9.09. The van der Waals surface area contributed by atoms with Crippen LogP contribution in [0.4, 0.5) is 0 Å². The van der Waals surface area contributed by atoms with Crippen molar-refractivity contribution in [2.75, 3.05) is 13.2 Å². The number of nitrogens with zero attached hydrogens (tertiary/aromatic N) is 1. The molecule has 3 fully saturated rings. The Hall–Kier alpha value is -0.830. The summed E-state index contributed by atoms with van der Waals surface area (Å²) in [5.74, 6) is 0. The second kappa shape index (κ2) is 26.8. The van der Waals surface area contributed by atoms with Crippen LogP contribution in [0.25, 0.3) is 0 Å². The van der Waals surface area contributed by atoms with E-state index in [-0.39, 0.29) is 25.4 Å². The van der Waals surface area contributed by atoms with Gasteiger partial charge >= 0.3 is 0 Å². The molecule has 34 heavy (non-hydrogen) atoms. The van der Waals surface area contributed by atoms with E-state index in [2.05, 4.69) is 0 Å². The summed E-state index contributed by atoms with van der Waals surface area (Å²) in [6.45, 7) is 11.8. The number of ether oxygens (including phenoxy) is 2. The average Bonchev–Trinajstić information content (AvgIpc) is 2.91. The fraction of sp³-hybridized carbons (Fsp3) is 0.960. The van der Waals surface area contributed by atoms with E-state index in [1.54, 1.807) is 0 Å². The minimum Gasteiger partial charge on any atom is -0.394 e. The maximum absolute atomic E-state index is 9.09. The molecule has 3 rings (SSSR count). The van der Waals surface area contributed by atoms with Crippen molar-refractivity contribution < 1.29 is 40.1 Å². The van der Waals surface area contributed by atoms with Gasteiger partial charge in [0.25, 0.3) is 0 Å². The fourth-order valence-electron chi connectivity index (χ4n) is 3.24. The normalized spacial score (nSPS) is 31.9. The Morgan fingerprint density at radius 2 is 1.18 bits per heavy atom. The molecule has 1 saturated carbocycles. The number of rotatable bonds is 2. The highest BCUT2D eigenvalue weighted by atomic mass is 16.6. The van der Waals surface area contributed by atoms with Crippen molar-refractivity contribution in [1.82, 2.24) is 0 Å². The third-order valence-electron chi connectivity index (χ3n) is 5.04. The van der Waals surface area contributed by atoms with Gasteiger partial charge in [-0.15, -0.1) is 0 Å². The number of hydrogen-bond donors (Lipinski definition) is 6. The minimum absolute atomic E-state index is 0.0399. The molecule has 2 heterocycles. The lowest BCUT2D eigenvalue weighted by atomic mass is 9.95. The molecule has 6 N–H and O–H groups in total. The van der Waals surface area contributed by atoms with Gasteiger partial charge in [-0.1, -0.05) is 54.4 Å². The molecule has 0 aromatic heterocycles. The van der Waals surface area contributed by atoms with E-state index in [4.69, 9.17) is 45.4 Å². The van der Waals surface area contributed by atoms with Gasteiger partial charge in [-0.05, 0) is 38.5 Å². The Balaban J connectivity index is -0.000000383. The standard InChI is InChI=1S/C7H11NO2.C6H12O4.C6H12O2.3C2H6/c8-4-6-2-1-3-7(5-9)10-6;7-3-5-4(8)1-2-6(9)10-5;7-5-3-1-2-4-6(5)8;3*1-2/h6-7,9H,1-3,5H2;4-9H,1-3H2;5-8H,1-4H2;3*1-2H3. The van der Waals surface area contributed by atoms with Crippen molar-refractivity contribution in [2.24, 2.45) is 0 Å². The number of aliphatic hydroxyl groups is 6. The predicted octanol–water partition coefficient (Wildman–Crippen LogP) is 2.64. The molecule has 0 radical (unpaired) electrons. The van der Waals surface area contributed by atoms with Gasteiger partial charge in [0, 0.05) is 6.42 Å². The SMILES string of the molecule is CC.CC.CC.N#CC1CCCC(CO)O1.OC1CCCCC1O.OCC1OC(O)CCC1O. The van der Waals surface area contributed by atoms with Gasteiger partial charge in [-0.25, -0.2) is 0 Å². The number of aliphatic hydroxyl groups excluding tert-OH is 6. The first-order valence-electron chi connectivity index (χ1n) is 13.1. The lowest BCUT2D eigenvalue weighted by Gasteiger charge is -2.29. The molecule has 7 unspecified atom stereocenters. The molecule has 0 aromatic carbocycles. The van der Waals surface area contributed by atoms with Crippen molar-refractivity contribution in [3.8, 4) is 6.07 Å². The van der Waals surface area contributed by atoms with Crippen LogP contribution in [0.5, 0.6) is 0 Å². The zero-order valence-corrected chi connectivity index (χ0v) is 22.3. The second-order valence-corrected chi connectivity index (χ2v) is 7.36. The quantitative estimate of drug-likeness (QED) is 0.338. The van der Waals surface area contributed by atoms with Crippen molar-refractivity contribution in [3.05, 3.63) is 0 Å². The summed E-state index contributed by atoms with van der Waals surface area (Å²) in [6, 6.07) is 2.03. The molecular formula is C25H53NO8. The number of hydrogen-bond acceptors (Lipinski definition) is 9. The zero-order chi connectivity index (χ0) is 26.9. The van der Waals surface area contributed by atoms with Crippen LogP contribution in [0.15, 0.2) is 0 Å². The van der Waals surface area contributed by atoms with Gasteiger partial charge in [0.1, 0.15) is 12.2 Å². The highest BCUT2D eigenvalue weighted by molar-refractivity contribution is 4.87. The summed E-state index contributed by atoms with van der Waals surface area (Å²) >= 11 is 0. The third-order valence-corrected chi connectivity index (χ3v) is 5.04. The maximum Gasteiger partial charge on any atom is 0.155 e. The van der Waals surface area contributed by atoms with Crippen LogP contribution in [-0.4, -0.2) is 86.8 Å². The Labute approximate surface area is 207 Å². The molecule has 3 aliphatic rings. The molecule has 2 aliphatic heterocycles. The molecular weight excluding hydrogens is 442 g/mol. The highest BCUT2D eigenvalue weighted by Gasteiger charge is 2.27.